The summed E-state index contributed by atoms with van der Waals surface area (Å²) in [7, 11) is -3.34. The van der Waals surface area contributed by atoms with Gasteiger partial charge in [-0.3, -0.25) is 0 Å². The van der Waals surface area contributed by atoms with E-state index in [9.17, 15) is 8.42 Å². The Balaban J connectivity index is 2.56. The summed E-state index contributed by atoms with van der Waals surface area (Å²) in [6.45, 7) is 3.37. The predicted octanol–water partition coefficient (Wildman–Crippen LogP) is 0.710. The quantitative estimate of drug-likeness (QED) is 0.846. The van der Waals surface area contributed by atoms with Gasteiger partial charge < -0.3 is 11.1 Å². The van der Waals surface area contributed by atoms with Gasteiger partial charge in [-0.25, -0.2) is 8.42 Å². The average molecular weight is 280 g/mol. The van der Waals surface area contributed by atoms with Gasteiger partial charge in [0, 0.05) is 0 Å². The zero-order chi connectivity index (χ0) is 14.1. The van der Waals surface area contributed by atoms with Crippen molar-refractivity contribution in [3.8, 4) is 0 Å². The summed E-state index contributed by atoms with van der Waals surface area (Å²) >= 11 is 0. The number of allylic oxidation sites excluding steroid dienone is 2. The molecular weight excluding hydrogens is 264 g/mol. The Labute approximate surface area is 112 Å². The fraction of sp³-hybridized carbons (Fsp3) is 0.333. The number of nitrogens with two attached hydrogens (primary N) is 1. The summed E-state index contributed by atoms with van der Waals surface area (Å²) in [6.07, 6.45) is 4.94. The second kappa shape index (κ2) is 4.65. The number of hydrogen-bond acceptors (Lipinski definition) is 6. The molecule has 0 bridgehead atoms. The van der Waals surface area contributed by atoms with Crippen LogP contribution >= 0.6 is 0 Å². The summed E-state index contributed by atoms with van der Waals surface area (Å²) in [6, 6.07) is 3.28. The van der Waals surface area contributed by atoms with E-state index < -0.39 is 15.4 Å². The molecule has 0 fully saturated rings. The molecule has 1 aromatic heterocycles. The fourth-order valence-electron chi connectivity index (χ4n) is 1.97. The summed E-state index contributed by atoms with van der Waals surface area (Å²) in [5.74, 6) is 0.328. The Kier molecular flexibility index (Phi) is 3.32. The van der Waals surface area contributed by atoms with Crippen LogP contribution in [0, 0.1) is 0 Å². The van der Waals surface area contributed by atoms with E-state index in [4.69, 9.17) is 5.73 Å². The van der Waals surface area contributed by atoms with Crippen LogP contribution in [0.2, 0.25) is 0 Å². The maximum Gasteiger partial charge on any atom is 0.177 e. The van der Waals surface area contributed by atoms with Crippen LogP contribution in [0.15, 0.2) is 35.4 Å². The number of aromatic nitrogens is 2. The Morgan fingerprint density at radius 1 is 1.37 bits per heavy atom. The van der Waals surface area contributed by atoms with Crippen molar-refractivity contribution in [2.24, 2.45) is 0 Å². The second-order valence-corrected chi connectivity index (χ2v) is 6.65. The van der Waals surface area contributed by atoms with E-state index in [1.54, 1.807) is 44.3 Å². The molecule has 0 spiro atoms. The molecule has 7 heteroatoms. The molecule has 1 aliphatic heterocycles. The molecule has 0 saturated heterocycles. The first-order valence-electron chi connectivity index (χ1n) is 5.87. The zero-order valence-electron chi connectivity index (χ0n) is 10.8. The predicted molar refractivity (Wildman–Crippen MR) is 73.6 cm³/mol. The highest BCUT2D eigenvalue weighted by molar-refractivity contribution is 7.95. The number of nitrogen functional groups attached to an aromatic ring is 1. The van der Waals surface area contributed by atoms with Crippen LogP contribution in [0.25, 0.3) is 0 Å². The number of anilines is 1. The van der Waals surface area contributed by atoms with Gasteiger partial charge in [-0.2, -0.15) is 5.10 Å². The molecule has 0 saturated carbocycles. The number of nitrogens with zero attached hydrogens (tertiary/aromatic N) is 2. The number of hydrogen-bond donors (Lipinski definition) is 2. The van der Waals surface area contributed by atoms with Crippen LogP contribution in [0.1, 0.15) is 19.5 Å². The molecule has 19 heavy (non-hydrogen) atoms. The Morgan fingerprint density at radius 3 is 2.68 bits per heavy atom. The molecular formula is C12H16N4O2S. The lowest BCUT2D eigenvalue weighted by Gasteiger charge is -2.33. The first kappa shape index (κ1) is 13.5. The molecule has 2 rings (SSSR count). The van der Waals surface area contributed by atoms with Crippen molar-refractivity contribution in [1.82, 2.24) is 15.5 Å². The third kappa shape index (κ3) is 2.33. The van der Waals surface area contributed by atoms with E-state index in [1.165, 1.54) is 0 Å². The third-order valence-corrected chi connectivity index (χ3v) is 5.10. The Morgan fingerprint density at radius 2 is 2.11 bits per heavy atom. The lowest BCUT2D eigenvalue weighted by atomic mass is 9.95. The standard InChI is InChI=1S/C12H16N4O2S/c1-3-19(17,18)10-5-4-8-14-12(10,2)9-6-7-11(13)16-15-9/h4-8,14H,3H2,1-2H3,(H2,13,16). The molecule has 1 aliphatic rings. The van der Waals surface area contributed by atoms with Crippen molar-refractivity contribution >= 4 is 15.7 Å². The van der Waals surface area contributed by atoms with Gasteiger partial charge in [0.2, 0.25) is 0 Å². The lowest BCUT2D eigenvalue weighted by Crippen LogP contribution is -2.43. The van der Waals surface area contributed by atoms with Gasteiger partial charge in [0.05, 0.1) is 16.4 Å². The van der Waals surface area contributed by atoms with Crippen LogP contribution in [-0.4, -0.2) is 24.4 Å². The molecule has 0 aromatic carbocycles. The van der Waals surface area contributed by atoms with Crippen LogP contribution in [0.4, 0.5) is 5.82 Å². The minimum absolute atomic E-state index is 0.0341. The SMILES string of the molecule is CCS(=O)(=O)C1=CC=CNC1(C)c1ccc(N)nn1. The summed E-state index contributed by atoms with van der Waals surface area (Å²) in [5.41, 5.74) is 5.09. The lowest BCUT2D eigenvalue weighted by molar-refractivity contribution is 0.481. The first-order chi connectivity index (χ1) is 8.90. The molecule has 2 heterocycles. The highest BCUT2D eigenvalue weighted by Crippen LogP contribution is 2.33. The van der Waals surface area contributed by atoms with Gasteiger partial charge in [-0.15, -0.1) is 5.10 Å². The minimum Gasteiger partial charge on any atom is -0.382 e. The van der Waals surface area contributed by atoms with Crippen LogP contribution in [-0.2, 0) is 15.4 Å². The van der Waals surface area contributed by atoms with Crippen LogP contribution in [0.3, 0.4) is 0 Å². The van der Waals surface area contributed by atoms with E-state index in [-0.39, 0.29) is 10.7 Å². The molecule has 102 valence electrons. The number of sulfone groups is 1. The Bertz CT molecular complexity index is 634. The maximum atomic E-state index is 12.2. The summed E-state index contributed by atoms with van der Waals surface area (Å²) in [4.78, 5) is 0.282. The molecule has 1 unspecified atom stereocenters. The molecule has 1 aromatic rings. The zero-order valence-corrected chi connectivity index (χ0v) is 11.6. The van der Waals surface area contributed by atoms with E-state index in [2.05, 4.69) is 15.5 Å². The minimum atomic E-state index is -3.34. The third-order valence-electron chi connectivity index (χ3n) is 3.12. The monoisotopic (exact) mass is 280 g/mol. The summed E-state index contributed by atoms with van der Waals surface area (Å²) in [5, 5.41) is 10.8. The van der Waals surface area contributed by atoms with Gasteiger partial charge in [-0.1, -0.05) is 6.92 Å². The fourth-order valence-corrected chi connectivity index (χ4v) is 3.35. The largest absolute Gasteiger partial charge is 0.382 e. The molecule has 6 nitrogen and oxygen atoms in total. The molecule has 0 amide bonds. The van der Waals surface area contributed by atoms with Crippen molar-refractivity contribution in [2.75, 3.05) is 11.5 Å². The molecule has 1 atom stereocenters. The van der Waals surface area contributed by atoms with Gasteiger partial charge in [0.1, 0.15) is 11.4 Å². The first-order valence-corrected chi connectivity index (χ1v) is 7.53. The van der Waals surface area contributed by atoms with Gasteiger partial charge >= 0.3 is 0 Å². The Hall–Kier alpha value is -1.89. The van der Waals surface area contributed by atoms with E-state index in [0.29, 0.717) is 11.5 Å². The van der Waals surface area contributed by atoms with Gasteiger partial charge in [-0.05, 0) is 37.4 Å². The van der Waals surface area contributed by atoms with Crippen molar-refractivity contribution in [2.45, 2.75) is 19.4 Å². The smallest absolute Gasteiger partial charge is 0.177 e. The molecule has 0 aliphatic carbocycles. The highest BCUT2D eigenvalue weighted by Gasteiger charge is 2.39. The molecule has 0 radical (unpaired) electrons. The van der Waals surface area contributed by atoms with Crippen molar-refractivity contribution in [1.29, 1.82) is 0 Å². The second-order valence-electron chi connectivity index (χ2n) is 4.41. The van der Waals surface area contributed by atoms with E-state index in [0.717, 1.165) is 0 Å². The van der Waals surface area contributed by atoms with E-state index in [1.807, 2.05) is 0 Å². The number of dihydropyridines is 1. The maximum absolute atomic E-state index is 12.2. The molecule has 3 N–H and O–H groups in total. The highest BCUT2D eigenvalue weighted by atomic mass is 32.2. The van der Waals surface area contributed by atoms with Gasteiger partial charge in [0.15, 0.2) is 9.84 Å². The van der Waals surface area contributed by atoms with Gasteiger partial charge in [0.25, 0.3) is 0 Å². The van der Waals surface area contributed by atoms with Crippen LogP contribution < -0.4 is 11.1 Å². The normalized spacial score (nSPS) is 22.7. The number of rotatable bonds is 3. The van der Waals surface area contributed by atoms with Crippen molar-refractivity contribution in [3.63, 3.8) is 0 Å². The number of nitrogens with one attached hydrogen (secondary N) is 1. The topological polar surface area (TPSA) is 98.0 Å². The summed E-state index contributed by atoms with van der Waals surface area (Å²) < 4.78 is 24.4. The average Bonchev–Trinajstić information content (AvgIpc) is 2.39. The van der Waals surface area contributed by atoms with Crippen molar-refractivity contribution < 1.29 is 8.42 Å². The van der Waals surface area contributed by atoms with E-state index >= 15 is 0 Å². The van der Waals surface area contributed by atoms with Crippen molar-refractivity contribution in [3.05, 3.63) is 41.1 Å². The van der Waals surface area contributed by atoms with Crippen LogP contribution in [0.5, 0.6) is 0 Å².